The van der Waals surface area contributed by atoms with Gasteiger partial charge in [0.15, 0.2) is 0 Å². The summed E-state index contributed by atoms with van der Waals surface area (Å²) in [4.78, 5) is 15.9. The molecule has 1 aromatic carbocycles. The van der Waals surface area contributed by atoms with Crippen molar-refractivity contribution in [1.82, 2.24) is 4.98 Å². The summed E-state index contributed by atoms with van der Waals surface area (Å²) >= 11 is 0. The zero-order valence-electron chi connectivity index (χ0n) is 11.2. The van der Waals surface area contributed by atoms with Crippen LogP contribution in [0.4, 0.5) is 5.82 Å². The summed E-state index contributed by atoms with van der Waals surface area (Å²) in [7, 11) is 0. The Morgan fingerprint density at radius 3 is 2.95 bits per heavy atom. The summed E-state index contributed by atoms with van der Waals surface area (Å²) in [5.41, 5.74) is 0.981. The van der Waals surface area contributed by atoms with E-state index < -0.39 is 5.97 Å². The maximum absolute atomic E-state index is 11.4. The van der Waals surface area contributed by atoms with Crippen LogP contribution in [-0.4, -0.2) is 34.8 Å². The normalized spacial score (nSPS) is 22.1. The van der Waals surface area contributed by atoms with Gasteiger partial charge in [-0.25, -0.2) is 9.78 Å². The van der Waals surface area contributed by atoms with Gasteiger partial charge in [0.05, 0.1) is 17.7 Å². The van der Waals surface area contributed by atoms with Crippen molar-refractivity contribution in [3.8, 4) is 0 Å². The van der Waals surface area contributed by atoms with Gasteiger partial charge >= 0.3 is 5.97 Å². The van der Waals surface area contributed by atoms with Crippen LogP contribution in [0.25, 0.3) is 10.9 Å². The molecule has 0 radical (unpaired) electrons. The molecule has 1 aromatic heterocycles. The van der Waals surface area contributed by atoms with E-state index in [1.807, 2.05) is 31.2 Å². The Kier molecular flexibility index (Phi) is 3.28. The van der Waals surface area contributed by atoms with Crippen LogP contribution in [0, 0.1) is 0 Å². The van der Waals surface area contributed by atoms with E-state index in [0.29, 0.717) is 12.4 Å². The lowest BCUT2D eigenvalue weighted by Crippen LogP contribution is -2.28. The number of nitrogens with zero attached hydrogens (tertiary/aromatic N) is 1. The number of nitrogens with one attached hydrogen (secondary N) is 1. The first-order valence-corrected chi connectivity index (χ1v) is 6.66. The third-order valence-corrected chi connectivity index (χ3v) is 3.65. The quantitative estimate of drug-likeness (QED) is 0.898. The molecule has 5 nitrogen and oxygen atoms in total. The lowest BCUT2D eigenvalue weighted by molar-refractivity contribution is 0.0697. The van der Waals surface area contributed by atoms with Crippen molar-refractivity contribution in [2.45, 2.75) is 25.5 Å². The first-order chi connectivity index (χ1) is 9.65. The third-order valence-electron chi connectivity index (χ3n) is 3.65. The van der Waals surface area contributed by atoms with Crippen LogP contribution in [0.2, 0.25) is 0 Å². The molecule has 20 heavy (non-hydrogen) atoms. The Bertz CT molecular complexity index is 657. The Morgan fingerprint density at radius 1 is 1.45 bits per heavy atom. The van der Waals surface area contributed by atoms with E-state index in [-0.39, 0.29) is 17.7 Å². The van der Waals surface area contributed by atoms with Gasteiger partial charge in [-0.2, -0.15) is 0 Å². The summed E-state index contributed by atoms with van der Waals surface area (Å²) in [5.74, 6) is -0.559. The molecule has 2 N–H and O–H groups in total. The molecule has 1 fully saturated rings. The summed E-state index contributed by atoms with van der Waals surface area (Å²) in [6.45, 7) is 2.67. The average molecular weight is 272 g/mol. The SMILES string of the molecule is CC1OCCC1Nc1nc2ccccc2cc1C(=O)O. The number of fused-ring (bicyclic) bond motifs is 1. The van der Waals surface area contributed by atoms with Crippen LogP contribution >= 0.6 is 0 Å². The van der Waals surface area contributed by atoms with Crippen LogP contribution in [0.5, 0.6) is 0 Å². The molecule has 1 saturated heterocycles. The third kappa shape index (κ3) is 2.32. The fourth-order valence-corrected chi connectivity index (χ4v) is 2.49. The zero-order valence-corrected chi connectivity index (χ0v) is 11.2. The number of carboxylic acid groups (broad SMARTS) is 1. The van der Waals surface area contributed by atoms with Crippen LogP contribution < -0.4 is 5.32 Å². The van der Waals surface area contributed by atoms with Gasteiger partial charge in [0, 0.05) is 12.0 Å². The van der Waals surface area contributed by atoms with E-state index in [0.717, 1.165) is 17.3 Å². The minimum Gasteiger partial charge on any atom is -0.478 e. The van der Waals surface area contributed by atoms with E-state index >= 15 is 0 Å². The minimum absolute atomic E-state index is 0.0601. The molecule has 104 valence electrons. The van der Waals surface area contributed by atoms with E-state index in [1.54, 1.807) is 6.07 Å². The first kappa shape index (κ1) is 12.9. The minimum atomic E-state index is -0.975. The first-order valence-electron chi connectivity index (χ1n) is 6.66. The maximum atomic E-state index is 11.4. The number of carbonyl (C=O) groups is 1. The monoisotopic (exact) mass is 272 g/mol. The number of rotatable bonds is 3. The van der Waals surface area contributed by atoms with E-state index in [4.69, 9.17) is 4.74 Å². The number of carboxylic acids is 1. The highest BCUT2D eigenvalue weighted by Gasteiger charge is 2.26. The molecule has 0 bridgehead atoms. The number of pyridine rings is 1. The van der Waals surface area contributed by atoms with Crippen LogP contribution in [0.1, 0.15) is 23.7 Å². The molecule has 2 heterocycles. The number of hydrogen-bond acceptors (Lipinski definition) is 4. The van der Waals surface area contributed by atoms with Gasteiger partial charge in [0.25, 0.3) is 0 Å². The van der Waals surface area contributed by atoms with Crippen molar-refractivity contribution in [3.63, 3.8) is 0 Å². The summed E-state index contributed by atoms with van der Waals surface area (Å²) in [6.07, 6.45) is 0.916. The average Bonchev–Trinajstić information content (AvgIpc) is 2.83. The lowest BCUT2D eigenvalue weighted by atomic mass is 10.1. The van der Waals surface area contributed by atoms with Crippen molar-refractivity contribution >= 4 is 22.7 Å². The Balaban J connectivity index is 2.03. The Hall–Kier alpha value is -2.14. The predicted molar refractivity (Wildman–Crippen MR) is 76.1 cm³/mol. The van der Waals surface area contributed by atoms with Crippen LogP contribution in [-0.2, 0) is 4.74 Å². The van der Waals surface area contributed by atoms with Gasteiger partial charge in [-0.3, -0.25) is 0 Å². The number of benzene rings is 1. The van der Waals surface area contributed by atoms with Gasteiger partial charge in [0.1, 0.15) is 11.4 Å². The molecule has 1 aliphatic rings. The van der Waals surface area contributed by atoms with Gasteiger partial charge in [-0.05, 0) is 25.5 Å². The van der Waals surface area contributed by atoms with Crippen molar-refractivity contribution in [2.75, 3.05) is 11.9 Å². The highest BCUT2D eigenvalue weighted by molar-refractivity contribution is 5.98. The van der Waals surface area contributed by atoms with Crippen molar-refractivity contribution in [3.05, 3.63) is 35.9 Å². The Labute approximate surface area is 116 Å². The molecule has 0 spiro atoms. The Morgan fingerprint density at radius 2 is 2.25 bits per heavy atom. The van der Waals surface area contributed by atoms with E-state index in [9.17, 15) is 9.90 Å². The molecule has 5 heteroatoms. The molecule has 0 amide bonds. The summed E-state index contributed by atoms with van der Waals surface area (Å²) in [5, 5.41) is 13.4. The smallest absolute Gasteiger partial charge is 0.339 e. The van der Waals surface area contributed by atoms with Gasteiger partial charge in [-0.15, -0.1) is 0 Å². The number of ether oxygens (including phenoxy) is 1. The molecule has 1 aliphatic heterocycles. The number of para-hydroxylation sites is 1. The predicted octanol–water partition coefficient (Wildman–Crippen LogP) is 2.52. The second kappa shape index (κ2) is 5.09. The molecule has 2 aromatic rings. The second-order valence-electron chi connectivity index (χ2n) is 5.00. The molecule has 2 atom stereocenters. The van der Waals surface area contributed by atoms with Crippen molar-refractivity contribution in [1.29, 1.82) is 0 Å². The summed E-state index contributed by atoms with van der Waals surface area (Å²) in [6, 6.07) is 9.26. The van der Waals surface area contributed by atoms with Crippen molar-refractivity contribution in [2.24, 2.45) is 0 Å². The fourth-order valence-electron chi connectivity index (χ4n) is 2.49. The van der Waals surface area contributed by atoms with Gasteiger partial charge < -0.3 is 15.2 Å². The topological polar surface area (TPSA) is 71.5 Å². The standard InChI is InChI=1S/C15H16N2O3/c1-9-12(6-7-20-9)16-14-11(15(18)19)8-10-4-2-3-5-13(10)17-14/h2-5,8-9,12H,6-7H2,1H3,(H,16,17)(H,18,19). The lowest BCUT2D eigenvalue weighted by Gasteiger charge is -2.18. The number of aromatic carboxylic acids is 1. The molecule has 3 rings (SSSR count). The second-order valence-corrected chi connectivity index (χ2v) is 5.00. The maximum Gasteiger partial charge on any atom is 0.339 e. The van der Waals surface area contributed by atoms with Gasteiger partial charge in [-0.1, -0.05) is 18.2 Å². The molecular formula is C15H16N2O3. The summed E-state index contributed by atoms with van der Waals surface area (Å²) < 4.78 is 5.49. The molecule has 2 unspecified atom stereocenters. The largest absolute Gasteiger partial charge is 0.478 e. The van der Waals surface area contributed by atoms with Crippen molar-refractivity contribution < 1.29 is 14.6 Å². The molecule has 0 aliphatic carbocycles. The number of hydrogen-bond donors (Lipinski definition) is 2. The van der Waals surface area contributed by atoms with E-state index in [2.05, 4.69) is 10.3 Å². The number of aromatic nitrogens is 1. The highest BCUT2D eigenvalue weighted by Crippen LogP contribution is 2.24. The zero-order chi connectivity index (χ0) is 14.1. The van der Waals surface area contributed by atoms with Crippen LogP contribution in [0.15, 0.2) is 30.3 Å². The number of anilines is 1. The van der Waals surface area contributed by atoms with Crippen LogP contribution in [0.3, 0.4) is 0 Å². The van der Waals surface area contributed by atoms with E-state index in [1.165, 1.54) is 0 Å². The van der Waals surface area contributed by atoms with Gasteiger partial charge in [0.2, 0.25) is 0 Å². The molecule has 0 saturated carbocycles. The highest BCUT2D eigenvalue weighted by atomic mass is 16.5. The fraction of sp³-hybridized carbons (Fsp3) is 0.333. The molecular weight excluding hydrogens is 256 g/mol.